The lowest BCUT2D eigenvalue weighted by Gasteiger charge is -2.29. The third-order valence-electron chi connectivity index (χ3n) is 2.36. The number of cyclic esters (lactones) is 2. The molecule has 0 amide bonds. The van der Waals surface area contributed by atoms with Gasteiger partial charge in [-0.25, -0.2) is 14.0 Å². The van der Waals surface area contributed by atoms with Crippen LogP contribution in [0.15, 0.2) is 30.0 Å². The maximum Gasteiger partial charge on any atom is 0.350 e. The fraction of sp³-hybridized carbons (Fsp3) is 0.231. The number of hydrogen-bond donors (Lipinski definition) is 1. The number of rotatable bonds is 2. The molecule has 0 atom stereocenters. The predicted octanol–water partition coefficient (Wildman–Crippen LogP) is 2.56. The Labute approximate surface area is 128 Å². The van der Waals surface area contributed by atoms with E-state index in [2.05, 4.69) is 5.32 Å². The van der Waals surface area contributed by atoms with Crippen LogP contribution in [0.3, 0.4) is 0 Å². The van der Waals surface area contributed by atoms with Crippen molar-refractivity contribution < 1.29 is 23.5 Å². The topological polar surface area (TPSA) is 64.6 Å². The molecule has 20 heavy (non-hydrogen) atoms. The van der Waals surface area contributed by atoms with Crippen LogP contribution in [-0.2, 0) is 19.1 Å². The number of benzene rings is 1. The average molecular weight is 391 g/mol. The average Bonchev–Trinajstić information content (AvgIpc) is 2.24. The fourth-order valence-electron chi connectivity index (χ4n) is 1.57. The zero-order valence-electron chi connectivity index (χ0n) is 10.7. The summed E-state index contributed by atoms with van der Waals surface area (Å²) >= 11 is 1.95. The molecular weight excluding hydrogens is 380 g/mol. The molecule has 0 aromatic heterocycles. The van der Waals surface area contributed by atoms with E-state index in [1.165, 1.54) is 26.0 Å². The number of nitrogens with one attached hydrogen (secondary N) is 1. The van der Waals surface area contributed by atoms with E-state index >= 15 is 0 Å². The summed E-state index contributed by atoms with van der Waals surface area (Å²) in [6, 6.07) is 4.25. The number of esters is 2. The van der Waals surface area contributed by atoms with Crippen molar-refractivity contribution in [2.45, 2.75) is 19.6 Å². The smallest absolute Gasteiger partial charge is 0.350 e. The van der Waals surface area contributed by atoms with Crippen LogP contribution in [0.1, 0.15) is 13.8 Å². The molecule has 5 nitrogen and oxygen atoms in total. The van der Waals surface area contributed by atoms with Gasteiger partial charge in [0.15, 0.2) is 5.57 Å². The SMILES string of the molecule is CC1(C)OC(=O)C(=CNc2cc(F)cc(I)c2)C(=O)O1. The van der Waals surface area contributed by atoms with E-state index in [4.69, 9.17) is 9.47 Å². The van der Waals surface area contributed by atoms with E-state index in [0.29, 0.717) is 9.26 Å². The van der Waals surface area contributed by atoms with Gasteiger partial charge in [0.1, 0.15) is 5.82 Å². The Bertz CT molecular complexity index is 570. The molecule has 1 aromatic carbocycles. The van der Waals surface area contributed by atoms with Gasteiger partial charge in [0.2, 0.25) is 0 Å². The van der Waals surface area contributed by atoms with Crippen molar-refractivity contribution in [2.75, 3.05) is 5.32 Å². The summed E-state index contributed by atoms with van der Waals surface area (Å²) in [6.45, 7) is 2.92. The normalized spacial score (nSPS) is 17.3. The van der Waals surface area contributed by atoms with Crippen LogP contribution in [0.4, 0.5) is 10.1 Å². The Balaban J connectivity index is 2.19. The quantitative estimate of drug-likeness (QED) is 0.364. The van der Waals surface area contributed by atoms with E-state index in [-0.39, 0.29) is 5.57 Å². The molecule has 1 N–H and O–H groups in total. The molecule has 7 heteroatoms. The van der Waals surface area contributed by atoms with E-state index in [0.717, 1.165) is 6.20 Å². The molecule has 106 valence electrons. The first-order chi connectivity index (χ1) is 9.27. The van der Waals surface area contributed by atoms with Gasteiger partial charge in [0.25, 0.3) is 5.79 Å². The fourth-order valence-corrected chi connectivity index (χ4v) is 2.20. The highest BCUT2D eigenvalue weighted by Crippen LogP contribution is 2.23. The first kappa shape index (κ1) is 14.8. The van der Waals surface area contributed by atoms with Crippen LogP contribution in [0, 0.1) is 9.39 Å². The second kappa shape index (κ2) is 5.39. The van der Waals surface area contributed by atoms with Crippen LogP contribution < -0.4 is 5.32 Å². The molecule has 1 fully saturated rings. The Hall–Kier alpha value is -1.64. The lowest BCUT2D eigenvalue weighted by molar-refractivity contribution is -0.222. The highest BCUT2D eigenvalue weighted by molar-refractivity contribution is 14.1. The molecule has 0 spiro atoms. The molecular formula is C13H11FINO4. The first-order valence-corrected chi connectivity index (χ1v) is 6.74. The summed E-state index contributed by atoms with van der Waals surface area (Å²) in [5.41, 5.74) is 0.135. The number of halogens is 2. The Morgan fingerprint density at radius 3 is 2.35 bits per heavy atom. The zero-order chi connectivity index (χ0) is 14.9. The van der Waals surface area contributed by atoms with Crippen molar-refractivity contribution in [2.24, 2.45) is 0 Å². The van der Waals surface area contributed by atoms with Crippen LogP contribution in [0.5, 0.6) is 0 Å². The molecule has 2 rings (SSSR count). The third-order valence-corrected chi connectivity index (χ3v) is 2.99. The highest BCUT2D eigenvalue weighted by atomic mass is 127. The third kappa shape index (κ3) is 3.47. The van der Waals surface area contributed by atoms with E-state index in [1.807, 2.05) is 22.6 Å². The van der Waals surface area contributed by atoms with Gasteiger partial charge in [-0.2, -0.15) is 0 Å². The molecule has 1 heterocycles. The largest absolute Gasteiger partial charge is 0.419 e. The van der Waals surface area contributed by atoms with Crippen LogP contribution in [-0.4, -0.2) is 17.7 Å². The van der Waals surface area contributed by atoms with Gasteiger partial charge in [-0.3, -0.25) is 0 Å². The number of carbonyl (C=O) groups is 2. The van der Waals surface area contributed by atoms with Crippen molar-refractivity contribution in [1.82, 2.24) is 0 Å². The number of hydrogen-bond acceptors (Lipinski definition) is 5. The Morgan fingerprint density at radius 1 is 1.20 bits per heavy atom. The predicted molar refractivity (Wildman–Crippen MR) is 77.1 cm³/mol. The Morgan fingerprint density at radius 2 is 1.80 bits per heavy atom. The minimum absolute atomic E-state index is 0.274. The summed E-state index contributed by atoms with van der Waals surface area (Å²) in [7, 11) is 0. The molecule has 0 aliphatic carbocycles. The summed E-state index contributed by atoms with van der Waals surface area (Å²) < 4.78 is 23.7. The minimum Gasteiger partial charge on any atom is -0.419 e. The number of carbonyl (C=O) groups excluding carboxylic acids is 2. The molecule has 0 bridgehead atoms. The maximum atomic E-state index is 13.2. The molecule has 0 radical (unpaired) electrons. The lowest BCUT2D eigenvalue weighted by atomic mass is 10.2. The second-order valence-electron chi connectivity index (χ2n) is 4.54. The first-order valence-electron chi connectivity index (χ1n) is 5.66. The minimum atomic E-state index is -1.28. The lowest BCUT2D eigenvalue weighted by Crippen LogP contribution is -2.42. The summed E-state index contributed by atoms with van der Waals surface area (Å²) in [6.07, 6.45) is 1.14. The van der Waals surface area contributed by atoms with Gasteiger partial charge in [-0.05, 0) is 40.8 Å². The van der Waals surface area contributed by atoms with Gasteiger partial charge in [0, 0.05) is 29.3 Å². The molecule has 1 aliphatic rings. The van der Waals surface area contributed by atoms with E-state index in [1.54, 1.807) is 6.07 Å². The summed E-state index contributed by atoms with van der Waals surface area (Å²) in [4.78, 5) is 23.3. The zero-order valence-corrected chi connectivity index (χ0v) is 12.9. The van der Waals surface area contributed by atoms with Gasteiger partial charge in [-0.1, -0.05) is 0 Å². The van der Waals surface area contributed by atoms with Gasteiger partial charge >= 0.3 is 11.9 Å². The van der Waals surface area contributed by atoms with E-state index < -0.39 is 23.5 Å². The maximum absolute atomic E-state index is 13.2. The summed E-state index contributed by atoms with van der Waals surface area (Å²) in [5.74, 6) is -3.28. The summed E-state index contributed by atoms with van der Waals surface area (Å²) in [5, 5.41) is 2.68. The van der Waals surface area contributed by atoms with Crippen molar-refractivity contribution >= 4 is 40.2 Å². The molecule has 1 aromatic rings. The molecule has 1 aliphatic heterocycles. The van der Waals surface area contributed by atoms with Crippen molar-refractivity contribution in [3.8, 4) is 0 Å². The van der Waals surface area contributed by atoms with Gasteiger partial charge in [-0.15, -0.1) is 0 Å². The standard InChI is InChI=1S/C13H11FINO4/c1-13(2)19-11(17)10(12(18)20-13)6-16-9-4-7(14)3-8(15)5-9/h3-6,16H,1-2H3. The van der Waals surface area contributed by atoms with Crippen molar-refractivity contribution in [1.29, 1.82) is 0 Å². The van der Waals surface area contributed by atoms with Crippen LogP contribution in [0.25, 0.3) is 0 Å². The molecule has 0 saturated carbocycles. The second-order valence-corrected chi connectivity index (χ2v) is 5.78. The van der Waals surface area contributed by atoms with Crippen LogP contribution >= 0.6 is 22.6 Å². The van der Waals surface area contributed by atoms with Crippen molar-refractivity contribution in [3.63, 3.8) is 0 Å². The number of ether oxygens (including phenoxy) is 2. The van der Waals surface area contributed by atoms with Crippen LogP contribution in [0.2, 0.25) is 0 Å². The molecule has 0 unspecified atom stereocenters. The van der Waals surface area contributed by atoms with Crippen molar-refractivity contribution in [3.05, 3.63) is 39.4 Å². The van der Waals surface area contributed by atoms with E-state index in [9.17, 15) is 14.0 Å². The van der Waals surface area contributed by atoms with Gasteiger partial charge < -0.3 is 14.8 Å². The number of anilines is 1. The Kier molecular flexibility index (Phi) is 3.98. The van der Waals surface area contributed by atoms with Gasteiger partial charge in [0.05, 0.1) is 0 Å². The highest BCUT2D eigenvalue weighted by Gasteiger charge is 2.38. The molecule has 1 saturated heterocycles. The monoisotopic (exact) mass is 391 g/mol.